The van der Waals surface area contributed by atoms with Gasteiger partial charge in [-0.3, -0.25) is 0 Å². The van der Waals surface area contributed by atoms with Crippen molar-refractivity contribution in [1.29, 1.82) is 5.26 Å². The molecule has 0 saturated heterocycles. The van der Waals surface area contributed by atoms with E-state index >= 15 is 0 Å². The van der Waals surface area contributed by atoms with Crippen LogP contribution in [-0.4, -0.2) is 13.7 Å². The van der Waals surface area contributed by atoms with Crippen molar-refractivity contribution in [1.82, 2.24) is 13.7 Å². The highest BCUT2D eigenvalue weighted by Gasteiger charge is 2.34. The van der Waals surface area contributed by atoms with E-state index in [0.717, 1.165) is 149 Å². The van der Waals surface area contributed by atoms with Crippen molar-refractivity contribution in [3.8, 4) is 89.9 Å². The molecule has 0 amide bonds. The van der Waals surface area contributed by atoms with E-state index in [2.05, 4.69) is 323 Å². The lowest BCUT2D eigenvalue weighted by Gasteiger charge is -2.29. The first-order valence-electron chi connectivity index (χ1n) is 28.3. The third kappa shape index (κ3) is 7.67. The Bertz CT molecular complexity index is 4710. The van der Waals surface area contributed by atoms with Gasteiger partial charge in [0.05, 0.1) is 55.7 Å². The molecular weight excluding hydrogens is 1000 g/mol. The van der Waals surface area contributed by atoms with Crippen molar-refractivity contribution < 1.29 is 0 Å². The third-order valence-electron chi connectivity index (χ3n) is 16.9. The monoisotopic (exact) mass is 1050 g/mol. The van der Waals surface area contributed by atoms with Gasteiger partial charge in [0.15, 0.2) is 0 Å². The summed E-state index contributed by atoms with van der Waals surface area (Å²) in [5.41, 5.74) is 22.1. The van der Waals surface area contributed by atoms with Crippen molar-refractivity contribution in [2.24, 2.45) is 0 Å². The van der Waals surface area contributed by atoms with E-state index in [1.54, 1.807) is 0 Å². The number of rotatable bonds is 9. The zero-order valence-electron chi connectivity index (χ0n) is 45.2. The molecule has 0 bridgehead atoms. The Morgan fingerprint density at radius 2 is 0.446 bits per heavy atom. The highest BCUT2D eigenvalue weighted by atomic mass is 15.1. The summed E-state index contributed by atoms with van der Waals surface area (Å²) in [4.78, 5) is 0. The molecule has 4 nitrogen and oxygen atoms in total. The number of aromatic nitrogens is 3. The zero-order chi connectivity index (χ0) is 55.0. The molecule has 0 saturated carbocycles. The normalized spacial score (nSPS) is 11.6. The summed E-state index contributed by atoms with van der Waals surface area (Å²) in [6, 6.07) is 112. The minimum Gasteiger partial charge on any atom is -0.306 e. The van der Waals surface area contributed by atoms with E-state index in [1.807, 2.05) is 0 Å². The van der Waals surface area contributed by atoms with Crippen LogP contribution in [0.5, 0.6) is 0 Å². The van der Waals surface area contributed by atoms with Gasteiger partial charge in [-0.25, -0.2) is 0 Å². The fourth-order valence-corrected chi connectivity index (χ4v) is 13.2. The minimum absolute atomic E-state index is 0.575. The topological polar surface area (TPSA) is 38.6 Å². The van der Waals surface area contributed by atoms with Gasteiger partial charge in [0.25, 0.3) is 0 Å². The number of benzene rings is 13. The van der Waals surface area contributed by atoms with E-state index in [0.29, 0.717) is 5.56 Å². The predicted molar refractivity (Wildman–Crippen MR) is 347 cm³/mol. The van der Waals surface area contributed by atoms with Crippen molar-refractivity contribution in [2.45, 2.75) is 0 Å². The van der Waals surface area contributed by atoms with Gasteiger partial charge in [0.1, 0.15) is 6.07 Å². The molecule has 0 spiro atoms. The molecule has 3 heterocycles. The molecule has 0 radical (unpaired) electrons. The predicted octanol–water partition coefficient (Wildman–Crippen LogP) is 20.9. The largest absolute Gasteiger partial charge is 0.306 e. The van der Waals surface area contributed by atoms with E-state index in [9.17, 15) is 5.26 Å². The Kier molecular flexibility index (Phi) is 11.2. The van der Waals surface area contributed by atoms with E-state index in [4.69, 9.17) is 0 Å². The second-order valence-corrected chi connectivity index (χ2v) is 21.4. The van der Waals surface area contributed by atoms with Crippen LogP contribution in [0.15, 0.2) is 303 Å². The number of nitrogens with zero attached hydrogens (tertiary/aromatic N) is 4. The zero-order valence-corrected chi connectivity index (χ0v) is 45.2. The van der Waals surface area contributed by atoms with Gasteiger partial charge in [0.2, 0.25) is 0 Å². The van der Waals surface area contributed by atoms with Crippen LogP contribution in [0.4, 0.5) is 0 Å². The maximum Gasteiger partial charge on any atom is 0.101 e. The Morgan fingerprint density at radius 3 is 0.735 bits per heavy atom. The van der Waals surface area contributed by atoms with Crippen LogP contribution in [0.1, 0.15) is 5.56 Å². The van der Waals surface area contributed by atoms with Crippen molar-refractivity contribution in [2.75, 3.05) is 0 Å². The van der Waals surface area contributed by atoms with Gasteiger partial charge >= 0.3 is 0 Å². The summed E-state index contributed by atoms with van der Waals surface area (Å²) in [5.74, 6) is 0. The van der Waals surface area contributed by atoms with E-state index in [-0.39, 0.29) is 0 Å². The molecule has 16 rings (SSSR count). The molecule has 0 unspecified atom stereocenters. The van der Waals surface area contributed by atoms with Gasteiger partial charge in [-0.1, -0.05) is 243 Å². The fourth-order valence-electron chi connectivity index (χ4n) is 13.2. The standard InChI is InChI=1S/C79H50N4/c80-51-68-75(56-31-15-5-16-32-56)77(81-71-43-39-58(52-23-7-1-8-24-52)47-64(71)65-48-59(40-44-72(65)81)53-25-9-2-10-26-53)79(83-69-37-21-19-35-62(69)63-36-20-22-38-70(63)83)78(76(68)57-33-17-6-18-34-57)82-73-45-41-60(54-27-11-3-12-28-54)49-66(73)67-50-61(42-46-74(67)82)55-29-13-4-14-30-55/h1-50H. The number of hydrogen-bond donors (Lipinski definition) is 0. The molecule has 0 atom stereocenters. The Morgan fingerprint density at radius 1 is 0.205 bits per heavy atom. The fraction of sp³-hybridized carbons (Fsp3) is 0. The molecule has 386 valence electrons. The number of hydrogen-bond acceptors (Lipinski definition) is 1. The number of fused-ring (bicyclic) bond motifs is 9. The molecule has 4 heteroatoms. The van der Waals surface area contributed by atoms with Crippen LogP contribution in [0.2, 0.25) is 0 Å². The number of nitriles is 1. The summed E-state index contributed by atoms with van der Waals surface area (Å²) in [6.45, 7) is 0. The molecule has 13 aromatic carbocycles. The average Bonchev–Trinajstić information content (AvgIpc) is 2.08. The second-order valence-electron chi connectivity index (χ2n) is 21.4. The highest BCUT2D eigenvalue weighted by Crippen LogP contribution is 2.52. The van der Waals surface area contributed by atoms with E-state index < -0.39 is 0 Å². The Hall–Kier alpha value is -11.3. The molecule has 0 N–H and O–H groups in total. The Balaban J connectivity index is 1.17. The average molecular weight is 1060 g/mol. The molecule has 0 fully saturated rings. The van der Waals surface area contributed by atoms with Gasteiger partial charge in [-0.15, -0.1) is 0 Å². The lowest BCUT2D eigenvalue weighted by molar-refractivity contribution is 1.05. The van der Waals surface area contributed by atoms with Gasteiger partial charge < -0.3 is 13.7 Å². The smallest absolute Gasteiger partial charge is 0.101 e. The van der Waals surface area contributed by atoms with Crippen LogP contribution < -0.4 is 0 Å². The van der Waals surface area contributed by atoms with E-state index in [1.165, 1.54) is 0 Å². The van der Waals surface area contributed by atoms with Crippen molar-refractivity contribution in [3.63, 3.8) is 0 Å². The first-order valence-corrected chi connectivity index (χ1v) is 28.3. The van der Waals surface area contributed by atoms with Gasteiger partial charge in [-0.2, -0.15) is 5.26 Å². The summed E-state index contributed by atoms with van der Waals surface area (Å²) < 4.78 is 7.49. The third-order valence-corrected chi connectivity index (χ3v) is 16.9. The summed E-state index contributed by atoms with van der Waals surface area (Å²) >= 11 is 0. The summed E-state index contributed by atoms with van der Waals surface area (Å²) in [6.07, 6.45) is 0. The van der Waals surface area contributed by atoms with Gasteiger partial charge in [0, 0.05) is 43.4 Å². The molecule has 0 aliphatic carbocycles. The molecule has 3 aromatic heterocycles. The van der Waals surface area contributed by atoms with Gasteiger partial charge in [-0.05, 0) is 116 Å². The highest BCUT2D eigenvalue weighted by molar-refractivity contribution is 6.18. The van der Waals surface area contributed by atoms with Crippen LogP contribution in [0.3, 0.4) is 0 Å². The first-order chi connectivity index (χ1) is 41.2. The Labute approximate surface area is 480 Å². The van der Waals surface area contributed by atoms with Crippen molar-refractivity contribution in [3.05, 3.63) is 309 Å². The molecule has 83 heavy (non-hydrogen) atoms. The maximum absolute atomic E-state index is 12.6. The summed E-state index contributed by atoms with van der Waals surface area (Å²) in [7, 11) is 0. The van der Waals surface area contributed by atoms with Crippen LogP contribution >= 0.6 is 0 Å². The van der Waals surface area contributed by atoms with Crippen LogP contribution in [0, 0.1) is 11.3 Å². The molecule has 16 aromatic rings. The van der Waals surface area contributed by atoms with Crippen LogP contribution in [0.25, 0.3) is 149 Å². The quantitative estimate of drug-likeness (QED) is 0.142. The van der Waals surface area contributed by atoms with Crippen molar-refractivity contribution >= 4 is 65.4 Å². The second kappa shape index (κ2) is 19.5. The number of para-hydroxylation sites is 2. The first kappa shape index (κ1) is 47.7. The lowest BCUT2D eigenvalue weighted by Crippen LogP contribution is -2.14. The lowest BCUT2D eigenvalue weighted by atomic mass is 9.87. The summed E-state index contributed by atoms with van der Waals surface area (Å²) in [5, 5.41) is 19.3. The molecule has 0 aliphatic rings. The SMILES string of the molecule is N#Cc1c(-c2ccccc2)c(-n2c3ccc(-c4ccccc4)cc3c3cc(-c4ccccc4)ccc32)c(-n2c3ccccc3c3ccccc32)c(-n2c3ccc(-c4ccccc4)cc3c3cc(-c4ccccc4)ccc32)c1-c1ccccc1. The maximum atomic E-state index is 12.6. The molecular formula is C79H50N4. The molecule has 0 aliphatic heterocycles. The van der Waals surface area contributed by atoms with Crippen LogP contribution in [-0.2, 0) is 0 Å². The minimum atomic E-state index is 0.575.